The molecule has 2 aromatic carbocycles. The van der Waals surface area contributed by atoms with Crippen LogP contribution >= 0.6 is 0 Å². The van der Waals surface area contributed by atoms with Crippen LogP contribution in [0.4, 0.5) is 0 Å². The highest BCUT2D eigenvalue weighted by Crippen LogP contribution is 2.19. The van der Waals surface area contributed by atoms with E-state index in [0.29, 0.717) is 11.1 Å². The van der Waals surface area contributed by atoms with Gasteiger partial charge in [0.25, 0.3) is 0 Å². The first kappa shape index (κ1) is 10.4. The van der Waals surface area contributed by atoms with Gasteiger partial charge >= 0.3 is 5.97 Å². The normalized spacial score (nSPS) is 14.6. The summed E-state index contributed by atoms with van der Waals surface area (Å²) in [5, 5.41) is 0. The molecule has 0 amide bonds. The maximum absolute atomic E-state index is 12.5. The van der Waals surface area contributed by atoms with E-state index in [-0.39, 0.29) is 11.3 Å². The lowest BCUT2D eigenvalue weighted by molar-refractivity contribution is -0.141. The van der Waals surface area contributed by atoms with Gasteiger partial charge in [-0.1, -0.05) is 48.5 Å². The molecule has 1 unspecified atom stereocenters. The van der Waals surface area contributed by atoms with Crippen molar-refractivity contribution in [2.24, 2.45) is 0 Å². The van der Waals surface area contributed by atoms with Crippen molar-refractivity contribution in [3.63, 3.8) is 0 Å². The van der Waals surface area contributed by atoms with Crippen LogP contribution in [-0.4, -0.2) is 18.9 Å². The minimum absolute atomic E-state index is 0.235. The lowest BCUT2D eigenvalue weighted by Gasteiger charge is -2.10. The molecule has 0 radical (unpaired) electrons. The van der Waals surface area contributed by atoms with E-state index < -0.39 is 18.7 Å². The molecule has 102 valence electrons. The van der Waals surface area contributed by atoms with Gasteiger partial charge in [-0.25, -0.2) is 0 Å². The molecule has 0 fully saturated rings. The Kier molecular flexibility index (Phi) is 3.19. The van der Waals surface area contributed by atoms with Gasteiger partial charge in [0.15, 0.2) is 5.78 Å². The summed E-state index contributed by atoms with van der Waals surface area (Å²) in [6.45, 7) is -2.55. The summed E-state index contributed by atoms with van der Waals surface area (Å²) in [4.78, 5) is 24.3. The average Bonchev–Trinajstić information content (AvgIpc) is 2.54. The number of hydrogen-bond donors (Lipinski definition) is 0. The Morgan fingerprint density at radius 2 is 1.75 bits per heavy atom. The van der Waals surface area contributed by atoms with E-state index in [1.54, 1.807) is 42.5 Å². The minimum atomic E-state index is -2.55. The first-order valence-electron chi connectivity index (χ1n) is 7.62. The van der Waals surface area contributed by atoms with Gasteiger partial charge < -0.3 is 4.74 Å². The summed E-state index contributed by atoms with van der Waals surface area (Å²) < 4.78 is 27.2. The molecule has 0 aliphatic heterocycles. The van der Waals surface area contributed by atoms with Crippen molar-refractivity contribution in [2.75, 3.05) is 7.11 Å². The molecule has 0 bridgehead atoms. The maximum atomic E-state index is 12.5. The van der Waals surface area contributed by atoms with Gasteiger partial charge in [-0.05, 0) is 18.5 Å². The van der Waals surface area contributed by atoms with Crippen LogP contribution in [-0.2, 0) is 9.53 Å². The topological polar surface area (TPSA) is 43.4 Å². The molecule has 0 saturated carbocycles. The third-order valence-corrected chi connectivity index (χ3v) is 2.96. The van der Waals surface area contributed by atoms with Gasteiger partial charge in [-0.15, -0.1) is 0 Å². The van der Waals surface area contributed by atoms with E-state index in [1.165, 1.54) is 12.1 Å². The van der Waals surface area contributed by atoms with Gasteiger partial charge in [0.05, 0.1) is 13.0 Å². The number of rotatable bonds is 4. The number of carbonyl (C=O) groups is 2. The average molecular weight is 271 g/mol. The summed E-state index contributed by atoms with van der Waals surface area (Å²) in [5.74, 6) is -2.51. The van der Waals surface area contributed by atoms with E-state index in [9.17, 15) is 9.59 Å². The number of ether oxygens (including phenoxy) is 1. The highest BCUT2D eigenvalue weighted by Gasteiger charge is 2.17. The Morgan fingerprint density at radius 3 is 2.40 bits per heavy atom. The van der Waals surface area contributed by atoms with Gasteiger partial charge in [0, 0.05) is 15.2 Å². The number of benzene rings is 2. The first-order valence-corrected chi connectivity index (χ1v) is 6.12. The van der Waals surface area contributed by atoms with Crippen LogP contribution in [0.15, 0.2) is 54.6 Å². The summed E-state index contributed by atoms with van der Waals surface area (Å²) in [6, 6.07) is 14.7. The SMILES string of the molecule is [2H]C([2H])([2H])C(C(=O)OC)c1cccc(C(=O)c2ccccc2)c1. The Morgan fingerprint density at radius 1 is 1.05 bits per heavy atom. The molecular weight excluding hydrogens is 252 g/mol. The fourth-order valence-corrected chi connectivity index (χ4v) is 1.87. The van der Waals surface area contributed by atoms with Crippen LogP contribution < -0.4 is 0 Å². The fraction of sp³-hybridized carbons (Fsp3) is 0.176. The smallest absolute Gasteiger partial charge is 0.312 e. The van der Waals surface area contributed by atoms with Crippen molar-refractivity contribution in [3.05, 3.63) is 71.3 Å². The molecule has 0 saturated heterocycles. The van der Waals surface area contributed by atoms with E-state index in [0.717, 1.165) is 7.11 Å². The highest BCUT2D eigenvalue weighted by atomic mass is 16.5. The summed E-state index contributed by atoms with van der Waals surface area (Å²) in [5.41, 5.74) is 1.05. The molecule has 0 spiro atoms. The molecule has 0 heterocycles. The second-order valence-corrected chi connectivity index (χ2v) is 4.28. The molecule has 2 aromatic rings. The Hall–Kier alpha value is -2.42. The van der Waals surface area contributed by atoms with Crippen molar-refractivity contribution in [2.45, 2.75) is 12.8 Å². The van der Waals surface area contributed by atoms with Gasteiger partial charge in [-0.3, -0.25) is 9.59 Å². The molecule has 3 heteroatoms. The molecule has 0 aromatic heterocycles. The first-order chi connectivity index (χ1) is 10.8. The third kappa shape index (κ3) is 2.94. The number of esters is 1. The number of methoxy groups -OCH3 is 1. The van der Waals surface area contributed by atoms with Crippen molar-refractivity contribution in [1.82, 2.24) is 0 Å². The van der Waals surface area contributed by atoms with Crippen molar-refractivity contribution in [1.29, 1.82) is 0 Å². The Balaban J connectivity index is 2.43. The van der Waals surface area contributed by atoms with Crippen LogP contribution in [0, 0.1) is 0 Å². The second-order valence-electron chi connectivity index (χ2n) is 4.28. The lowest BCUT2D eigenvalue weighted by Crippen LogP contribution is -2.11. The lowest BCUT2D eigenvalue weighted by atomic mass is 9.96. The van der Waals surface area contributed by atoms with E-state index in [1.807, 2.05) is 0 Å². The van der Waals surface area contributed by atoms with Crippen molar-refractivity contribution < 1.29 is 18.4 Å². The molecule has 3 nitrogen and oxygen atoms in total. The van der Waals surface area contributed by atoms with E-state index >= 15 is 0 Å². The quantitative estimate of drug-likeness (QED) is 0.633. The Bertz CT molecular complexity index is 709. The zero-order valence-corrected chi connectivity index (χ0v) is 11.0. The van der Waals surface area contributed by atoms with Gasteiger partial charge in [0.1, 0.15) is 0 Å². The summed E-state index contributed by atoms with van der Waals surface area (Å²) >= 11 is 0. The van der Waals surface area contributed by atoms with Crippen molar-refractivity contribution in [3.8, 4) is 0 Å². The molecule has 0 aliphatic carbocycles. The van der Waals surface area contributed by atoms with Crippen LogP contribution in [0.1, 0.15) is 38.4 Å². The fourth-order valence-electron chi connectivity index (χ4n) is 1.87. The van der Waals surface area contributed by atoms with Gasteiger partial charge in [0.2, 0.25) is 0 Å². The maximum Gasteiger partial charge on any atom is 0.312 e. The predicted molar refractivity (Wildman–Crippen MR) is 76.7 cm³/mol. The highest BCUT2D eigenvalue weighted by molar-refractivity contribution is 6.09. The second kappa shape index (κ2) is 6.15. The van der Waals surface area contributed by atoms with Crippen LogP contribution in [0.2, 0.25) is 0 Å². The van der Waals surface area contributed by atoms with E-state index in [4.69, 9.17) is 4.11 Å². The molecule has 1 atom stereocenters. The van der Waals surface area contributed by atoms with Crippen molar-refractivity contribution >= 4 is 11.8 Å². The number of carbonyl (C=O) groups excluding carboxylic acids is 2. The third-order valence-electron chi connectivity index (χ3n) is 2.96. The summed E-state index contributed by atoms with van der Waals surface area (Å²) in [7, 11) is 1.14. The van der Waals surface area contributed by atoms with Crippen LogP contribution in [0.5, 0.6) is 0 Å². The zero-order valence-electron chi connectivity index (χ0n) is 14.0. The number of hydrogen-bond acceptors (Lipinski definition) is 3. The molecule has 20 heavy (non-hydrogen) atoms. The van der Waals surface area contributed by atoms with Crippen LogP contribution in [0.25, 0.3) is 0 Å². The van der Waals surface area contributed by atoms with E-state index in [2.05, 4.69) is 4.74 Å². The standard InChI is InChI=1S/C17H16O3/c1-12(17(19)20-2)14-9-6-10-15(11-14)16(18)13-7-4-3-5-8-13/h3-12H,1-2H3/i1D3. The molecular formula is C17H16O3. The largest absolute Gasteiger partial charge is 0.469 e. The monoisotopic (exact) mass is 271 g/mol. The molecule has 0 N–H and O–H groups in total. The van der Waals surface area contributed by atoms with Gasteiger partial charge in [-0.2, -0.15) is 0 Å². The number of ketones is 1. The predicted octanol–water partition coefficient (Wildman–Crippen LogP) is 3.19. The minimum Gasteiger partial charge on any atom is -0.469 e. The molecule has 0 aliphatic rings. The Labute approximate surface area is 122 Å². The molecule has 2 rings (SSSR count). The zero-order chi connectivity index (χ0) is 17.0. The summed E-state index contributed by atoms with van der Waals surface area (Å²) in [6.07, 6.45) is 0. The van der Waals surface area contributed by atoms with Crippen LogP contribution in [0.3, 0.4) is 0 Å².